The first-order valence-electron chi connectivity index (χ1n) is 3.56. The molecule has 1 aromatic rings. The maximum atomic E-state index is 12.9. The molecule has 1 N–H and O–H groups in total. The van der Waals surface area contributed by atoms with Crippen LogP contribution in [0.2, 0.25) is 0 Å². The third kappa shape index (κ3) is 3.12. The van der Waals surface area contributed by atoms with E-state index < -0.39 is 25.8 Å². The zero-order chi connectivity index (χ0) is 12.5. The van der Waals surface area contributed by atoms with Crippen LogP contribution in [0.15, 0.2) is 26.0 Å². The van der Waals surface area contributed by atoms with Gasteiger partial charge in [0.2, 0.25) is 0 Å². The molecule has 16 heavy (non-hydrogen) atoms. The van der Waals surface area contributed by atoms with Crippen LogP contribution in [0.25, 0.3) is 0 Å². The summed E-state index contributed by atoms with van der Waals surface area (Å²) in [6, 6.07) is 2.27. The average molecular weight is 378 g/mol. The van der Waals surface area contributed by atoms with Crippen LogP contribution >= 0.6 is 31.9 Å². The average Bonchev–Trinajstić information content (AvgIpc) is 2.06. The summed E-state index contributed by atoms with van der Waals surface area (Å²) < 4.78 is 34.7. The van der Waals surface area contributed by atoms with Crippen molar-refractivity contribution in [1.29, 1.82) is 0 Å². The van der Waals surface area contributed by atoms with Gasteiger partial charge in [-0.3, -0.25) is 0 Å². The highest BCUT2D eigenvalue weighted by Crippen LogP contribution is 2.34. The third-order valence-electron chi connectivity index (χ3n) is 1.48. The van der Waals surface area contributed by atoms with Crippen molar-refractivity contribution < 1.29 is 17.3 Å². The van der Waals surface area contributed by atoms with E-state index >= 15 is 0 Å². The van der Waals surface area contributed by atoms with E-state index in [0.717, 1.165) is 6.07 Å². The molecule has 0 radical (unpaired) electrons. The second kappa shape index (κ2) is 4.63. The fourth-order valence-corrected chi connectivity index (χ4v) is 3.21. The Morgan fingerprint density at radius 2 is 1.94 bits per heavy atom. The van der Waals surface area contributed by atoms with E-state index in [-0.39, 0.29) is 8.95 Å². The van der Waals surface area contributed by atoms with Gasteiger partial charge >= 0.3 is 10.2 Å². The highest BCUT2D eigenvalue weighted by Gasteiger charge is 2.23. The van der Waals surface area contributed by atoms with E-state index in [0.29, 0.717) is 0 Å². The van der Waals surface area contributed by atoms with E-state index in [9.17, 15) is 22.4 Å². The lowest BCUT2D eigenvalue weighted by Gasteiger charge is -2.06. The van der Waals surface area contributed by atoms with Gasteiger partial charge in [0.05, 0.1) is 0 Å². The molecule has 0 aliphatic heterocycles. The van der Waals surface area contributed by atoms with Crippen LogP contribution in [0.5, 0.6) is 0 Å². The normalized spacial score (nSPS) is 11.2. The number of nitro groups is 1. The summed E-state index contributed by atoms with van der Waals surface area (Å²) in [5, 5.41) is 9.25. The number of hydrogen-bond acceptors (Lipinski definition) is 4. The van der Waals surface area contributed by atoms with Crippen LogP contribution in [-0.4, -0.2) is 13.5 Å². The minimum Gasteiger partial charge on any atom is -0.235 e. The standard InChI is InChI=1S/C6H3Br2FN2O4S/c7-3-1-4(8)6(10-11(12)13)5(2-3)16(9,14)15/h1-2,10H. The highest BCUT2D eigenvalue weighted by molar-refractivity contribution is 9.11. The first kappa shape index (κ1) is 13.3. The Balaban J connectivity index is 3.51. The molecule has 0 fully saturated rings. The predicted molar refractivity (Wildman–Crippen MR) is 60.8 cm³/mol. The van der Waals surface area contributed by atoms with Crippen LogP contribution in [0.4, 0.5) is 9.57 Å². The number of halogens is 3. The van der Waals surface area contributed by atoms with Crippen molar-refractivity contribution in [2.75, 3.05) is 5.43 Å². The number of hydrogen-bond donors (Lipinski definition) is 1. The molecule has 0 unspecified atom stereocenters. The van der Waals surface area contributed by atoms with E-state index in [1.807, 2.05) is 0 Å². The quantitative estimate of drug-likeness (QED) is 0.496. The summed E-state index contributed by atoms with van der Waals surface area (Å²) in [4.78, 5) is 9.42. The molecule has 0 heterocycles. The van der Waals surface area contributed by atoms with Crippen molar-refractivity contribution in [3.8, 4) is 0 Å². The molecule has 1 rings (SSSR count). The van der Waals surface area contributed by atoms with Crippen molar-refractivity contribution in [3.05, 3.63) is 31.2 Å². The summed E-state index contributed by atoms with van der Waals surface area (Å²) in [6.45, 7) is 0. The molecule has 1 aromatic carbocycles. The van der Waals surface area contributed by atoms with Crippen molar-refractivity contribution in [1.82, 2.24) is 0 Å². The molecule has 0 amide bonds. The Hall–Kier alpha value is -0.740. The molecule has 0 aliphatic carbocycles. The van der Waals surface area contributed by atoms with Gasteiger partial charge in [-0.1, -0.05) is 15.9 Å². The van der Waals surface area contributed by atoms with E-state index in [1.165, 1.54) is 6.07 Å². The lowest BCUT2D eigenvalue weighted by Crippen LogP contribution is -2.11. The molecule has 10 heteroatoms. The maximum absolute atomic E-state index is 12.9. The van der Waals surface area contributed by atoms with E-state index in [1.54, 1.807) is 5.43 Å². The Bertz CT molecular complexity index is 548. The SMILES string of the molecule is O=[N+]([O-])Nc1c(Br)cc(Br)cc1S(=O)(=O)F. The van der Waals surface area contributed by atoms with Gasteiger partial charge in [0.1, 0.15) is 10.6 Å². The van der Waals surface area contributed by atoms with Crippen molar-refractivity contribution in [2.24, 2.45) is 0 Å². The molecule has 0 aromatic heterocycles. The fraction of sp³-hybridized carbons (Fsp3) is 0. The summed E-state index contributed by atoms with van der Waals surface area (Å²) in [7, 11) is -5.05. The molecular weight excluding hydrogens is 375 g/mol. The Morgan fingerprint density at radius 1 is 1.38 bits per heavy atom. The van der Waals surface area contributed by atoms with Gasteiger partial charge in [-0.2, -0.15) is 8.42 Å². The maximum Gasteiger partial charge on any atom is 0.334 e. The zero-order valence-corrected chi connectivity index (χ0v) is 11.3. The van der Waals surface area contributed by atoms with Crippen LogP contribution < -0.4 is 5.43 Å². The molecule has 0 spiro atoms. The first-order chi connectivity index (χ1) is 7.21. The molecule has 0 aliphatic rings. The van der Waals surface area contributed by atoms with E-state index in [4.69, 9.17) is 0 Å². The molecule has 0 saturated carbocycles. The number of nitrogens with zero attached hydrogens (tertiary/aromatic N) is 1. The van der Waals surface area contributed by atoms with Crippen LogP contribution in [0.1, 0.15) is 0 Å². The van der Waals surface area contributed by atoms with Crippen molar-refractivity contribution in [3.63, 3.8) is 0 Å². The molecule has 0 atom stereocenters. The van der Waals surface area contributed by atoms with Crippen molar-refractivity contribution >= 4 is 47.8 Å². The van der Waals surface area contributed by atoms with Gasteiger partial charge < -0.3 is 0 Å². The summed E-state index contributed by atoms with van der Waals surface area (Å²) >= 11 is 5.84. The summed E-state index contributed by atoms with van der Waals surface area (Å²) in [5.41, 5.74) is 1.15. The number of benzene rings is 1. The predicted octanol–water partition coefficient (Wildman–Crippen LogP) is 2.47. The first-order valence-corrected chi connectivity index (χ1v) is 6.53. The lowest BCUT2D eigenvalue weighted by atomic mass is 10.3. The lowest BCUT2D eigenvalue weighted by molar-refractivity contribution is -0.445. The van der Waals surface area contributed by atoms with Gasteiger partial charge in [-0.25, -0.2) is 10.1 Å². The number of hydrazine groups is 1. The third-order valence-corrected chi connectivity index (χ3v) is 3.42. The van der Waals surface area contributed by atoms with Gasteiger partial charge in [0.15, 0.2) is 5.03 Å². The Morgan fingerprint density at radius 3 is 2.38 bits per heavy atom. The topological polar surface area (TPSA) is 89.3 Å². The fourth-order valence-electron chi connectivity index (χ4n) is 0.942. The van der Waals surface area contributed by atoms with Gasteiger partial charge in [0.25, 0.3) is 0 Å². The number of rotatable bonds is 3. The Kier molecular flexibility index (Phi) is 3.86. The zero-order valence-electron chi connectivity index (χ0n) is 7.28. The monoisotopic (exact) mass is 376 g/mol. The molecule has 88 valence electrons. The smallest absolute Gasteiger partial charge is 0.235 e. The molecule has 0 saturated heterocycles. The van der Waals surface area contributed by atoms with Gasteiger partial charge in [-0.05, 0) is 28.1 Å². The van der Waals surface area contributed by atoms with Crippen molar-refractivity contribution in [2.45, 2.75) is 4.90 Å². The second-order valence-electron chi connectivity index (χ2n) is 2.57. The minimum absolute atomic E-state index is 0.0507. The minimum atomic E-state index is -5.05. The molecule has 0 bridgehead atoms. The van der Waals surface area contributed by atoms with Gasteiger partial charge in [0, 0.05) is 8.95 Å². The second-order valence-corrected chi connectivity index (χ2v) is 5.65. The Labute approximate surface area is 106 Å². The van der Waals surface area contributed by atoms with Crippen LogP contribution in [0.3, 0.4) is 0 Å². The highest BCUT2D eigenvalue weighted by atomic mass is 79.9. The summed E-state index contributed by atoms with van der Waals surface area (Å²) in [6.07, 6.45) is 0. The number of nitrogens with one attached hydrogen (secondary N) is 1. The molecular formula is C6H3Br2FN2O4S. The van der Waals surface area contributed by atoms with Crippen LogP contribution in [-0.2, 0) is 10.2 Å². The number of anilines is 1. The largest absolute Gasteiger partial charge is 0.334 e. The van der Waals surface area contributed by atoms with Gasteiger partial charge in [-0.15, -0.1) is 9.31 Å². The summed E-state index contributed by atoms with van der Waals surface area (Å²) in [5.74, 6) is 0. The van der Waals surface area contributed by atoms with E-state index in [2.05, 4.69) is 31.9 Å². The molecule has 6 nitrogen and oxygen atoms in total. The van der Waals surface area contributed by atoms with Crippen LogP contribution in [0, 0.1) is 10.1 Å².